The Bertz CT molecular complexity index is 1240. The van der Waals surface area contributed by atoms with E-state index < -0.39 is 10.0 Å². The van der Waals surface area contributed by atoms with Gasteiger partial charge in [0.15, 0.2) is 0 Å². The number of H-pyrrole nitrogens is 1. The lowest BCUT2D eigenvalue weighted by molar-refractivity contribution is 0.601. The van der Waals surface area contributed by atoms with Crippen molar-refractivity contribution in [2.45, 2.75) is 4.90 Å². The number of anilines is 1. The number of hydrogen-bond donors (Lipinski definition) is 2. The summed E-state index contributed by atoms with van der Waals surface area (Å²) in [4.78, 5) is 0.133. The van der Waals surface area contributed by atoms with E-state index in [1.807, 2.05) is 18.2 Å². The van der Waals surface area contributed by atoms with Crippen LogP contribution in [0.3, 0.4) is 0 Å². The van der Waals surface area contributed by atoms with Gasteiger partial charge in [0.2, 0.25) is 0 Å². The molecule has 0 saturated carbocycles. The topological polar surface area (TPSA) is 74.8 Å². The van der Waals surface area contributed by atoms with Gasteiger partial charge in [-0.25, -0.2) is 8.42 Å². The second-order valence-corrected chi connectivity index (χ2v) is 8.40. The summed E-state index contributed by atoms with van der Waals surface area (Å²) in [5.41, 5.74) is 2.63. The Labute approximate surface area is 166 Å². The van der Waals surface area contributed by atoms with Gasteiger partial charge in [-0.05, 0) is 48.5 Å². The summed E-state index contributed by atoms with van der Waals surface area (Å²) >= 11 is 12.1. The van der Waals surface area contributed by atoms with E-state index in [1.165, 1.54) is 24.3 Å². The quantitative estimate of drug-likeness (QED) is 0.470. The minimum absolute atomic E-state index is 0.133. The molecule has 0 unspecified atom stereocenters. The lowest BCUT2D eigenvalue weighted by atomic mass is 10.1. The van der Waals surface area contributed by atoms with E-state index in [9.17, 15) is 8.42 Å². The zero-order chi connectivity index (χ0) is 19.0. The van der Waals surface area contributed by atoms with Crippen molar-refractivity contribution >= 4 is 49.8 Å². The van der Waals surface area contributed by atoms with Gasteiger partial charge in [-0.15, -0.1) is 0 Å². The van der Waals surface area contributed by atoms with Gasteiger partial charge in [0, 0.05) is 16.0 Å². The molecule has 8 heteroatoms. The molecule has 27 heavy (non-hydrogen) atoms. The molecule has 4 rings (SSSR count). The summed E-state index contributed by atoms with van der Waals surface area (Å²) in [5.74, 6) is 0. The molecule has 1 heterocycles. The lowest BCUT2D eigenvalue weighted by Gasteiger charge is -2.08. The molecule has 5 nitrogen and oxygen atoms in total. The highest BCUT2D eigenvalue weighted by molar-refractivity contribution is 7.92. The van der Waals surface area contributed by atoms with Crippen molar-refractivity contribution < 1.29 is 8.42 Å². The Morgan fingerprint density at radius 1 is 0.926 bits per heavy atom. The van der Waals surface area contributed by atoms with Gasteiger partial charge in [0.05, 0.1) is 21.1 Å². The molecule has 0 bridgehead atoms. The molecule has 0 aliphatic heterocycles. The molecule has 0 aliphatic rings. The van der Waals surface area contributed by atoms with Gasteiger partial charge in [0.25, 0.3) is 10.0 Å². The zero-order valence-corrected chi connectivity index (χ0v) is 16.1. The maximum atomic E-state index is 12.5. The summed E-state index contributed by atoms with van der Waals surface area (Å²) in [7, 11) is -3.71. The fourth-order valence-corrected chi connectivity index (χ4v) is 4.17. The molecule has 4 aromatic rings. The minimum atomic E-state index is -3.71. The molecule has 0 saturated heterocycles. The first kappa shape index (κ1) is 17.9. The highest BCUT2D eigenvalue weighted by atomic mass is 35.5. The van der Waals surface area contributed by atoms with Crippen molar-refractivity contribution in [1.29, 1.82) is 0 Å². The predicted octanol–water partition coefficient (Wildman–Crippen LogP) is 5.34. The summed E-state index contributed by atoms with van der Waals surface area (Å²) in [5, 5.41) is 9.17. The molecule has 0 atom stereocenters. The van der Waals surface area contributed by atoms with Crippen LogP contribution in [-0.4, -0.2) is 18.6 Å². The van der Waals surface area contributed by atoms with Crippen LogP contribution in [-0.2, 0) is 10.0 Å². The Morgan fingerprint density at radius 2 is 1.67 bits per heavy atom. The number of aromatic nitrogens is 2. The monoisotopic (exact) mass is 417 g/mol. The van der Waals surface area contributed by atoms with Crippen LogP contribution in [0, 0.1) is 0 Å². The fraction of sp³-hybridized carbons (Fsp3) is 0. The van der Waals surface area contributed by atoms with E-state index in [2.05, 4.69) is 14.9 Å². The van der Waals surface area contributed by atoms with Crippen LogP contribution in [0.2, 0.25) is 10.0 Å². The molecule has 2 N–H and O–H groups in total. The second kappa shape index (κ2) is 6.88. The summed E-state index contributed by atoms with van der Waals surface area (Å²) in [6.07, 6.45) is 0. The maximum absolute atomic E-state index is 12.5. The first-order valence-electron chi connectivity index (χ1n) is 7.95. The number of aromatic amines is 1. The highest BCUT2D eigenvalue weighted by Gasteiger charge is 2.16. The number of halogens is 2. The first-order chi connectivity index (χ1) is 12.9. The Kier molecular flexibility index (Phi) is 4.55. The maximum Gasteiger partial charge on any atom is 0.261 e. The minimum Gasteiger partial charge on any atom is -0.280 e. The highest BCUT2D eigenvalue weighted by Crippen LogP contribution is 2.32. The third-order valence-electron chi connectivity index (χ3n) is 4.07. The number of fused-ring (bicyclic) bond motifs is 1. The average Bonchev–Trinajstić information content (AvgIpc) is 3.05. The Morgan fingerprint density at radius 3 is 2.41 bits per heavy atom. The van der Waals surface area contributed by atoms with Crippen molar-refractivity contribution in [3.05, 3.63) is 76.8 Å². The zero-order valence-electron chi connectivity index (χ0n) is 13.8. The van der Waals surface area contributed by atoms with Crippen LogP contribution in [0.1, 0.15) is 0 Å². The Balaban J connectivity index is 1.69. The largest absolute Gasteiger partial charge is 0.280 e. The van der Waals surface area contributed by atoms with Crippen LogP contribution in [0.4, 0.5) is 5.69 Å². The van der Waals surface area contributed by atoms with E-state index in [0.717, 1.165) is 10.9 Å². The van der Waals surface area contributed by atoms with E-state index in [4.69, 9.17) is 23.2 Å². The third-order valence-corrected chi connectivity index (χ3v) is 6.05. The van der Waals surface area contributed by atoms with Crippen molar-refractivity contribution in [2.24, 2.45) is 0 Å². The molecule has 0 radical (unpaired) electrons. The van der Waals surface area contributed by atoms with Gasteiger partial charge in [0.1, 0.15) is 5.69 Å². The summed E-state index contributed by atoms with van der Waals surface area (Å²) in [6.45, 7) is 0. The van der Waals surface area contributed by atoms with Gasteiger partial charge in [-0.1, -0.05) is 41.4 Å². The average molecular weight is 418 g/mol. The molecule has 1 aromatic heterocycles. The van der Waals surface area contributed by atoms with Crippen molar-refractivity contribution in [1.82, 2.24) is 10.2 Å². The predicted molar refractivity (Wildman–Crippen MR) is 109 cm³/mol. The van der Waals surface area contributed by atoms with Gasteiger partial charge in [-0.2, -0.15) is 5.10 Å². The van der Waals surface area contributed by atoms with Crippen LogP contribution < -0.4 is 4.72 Å². The van der Waals surface area contributed by atoms with Crippen LogP contribution in [0.5, 0.6) is 0 Å². The van der Waals surface area contributed by atoms with Crippen molar-refractivity contribution in [3.8, 4) is 11.3 Å². The van der Waals surface area contributed by atoms with E-state index >= 15 is 0 Å². The molecular weight excluding hydrogens is 405 g/mol. The molecule has 0 amide bonds. The number of hydrogen-bond acceptors (Lipinski definition) is 3. The molecule has 3 aromatic carbocycles. The van der Waals surface area contributed by atoms with Crippen LogP contribution in [0.25, 0.3) is 22.2 Å². The smallest absolute Gasteiger partial charge is 0.261 e. The van der Waals surface area contributed by atoms with E-state index in [0.29, 0.717) is 26.9 Å². The molecular formula is C19H13Cl2N3O2S. The van der Waals surface area contributed by atoms with E-state index in [-0.39, 0.29) is 4.90 Å². The van der Waals surface area contributed by atoms with Crippen LogP contribution in [0.15, 0.2) is 71.6 Å². The Hall–Kier alpha value is -2.54. The number of nitrogens with zero attached hydrogens (tertiary/aromatic N) is 1. The number of nitrogens with one attached hydrogen (secondary N) is 2. The summed E-state index contributed by atoms with van der Waals surface area (Å²) < 4.78 is 27.6. The second-order valence-electron chi connectivity index (χ2n) is 5.87. The summed E-state index contributed by atoms with van der Waals surface area (Å²) in [6, 6.07) is 18.6. The normalized spacial score (nSPS) is 11.6. The van der Waals surface area contributed by atoms with Gasteiger partial charge >= 0.3 is 0 Å². The molecule has 0 fully saturated rings. The van der Waals surface area contributed by atoms with Crippen molar-refractivity contribution in [3.63, 3.8) is 0 Å². The van der Waals surface area contributed by atoms with Gasteiger partial charge in [-0.3, -0.25) is 9.82 Å². The first-order valence-corrected chi connectivity index (χ1v) is 10.2. The standard InChI is InChI=1S/C19H13Cl2N3O2S/c20-12-5-8-14(9-6-12)27(25,26)24-13-7-10-16-18(11-13)22-23-19(16)15-3-1-2-4-17(15)21/h1-11,24H,(H,22,23). The van der Waals surface area contributed by atoms with Crippen molar-refractivity contribution in [2.75, 3.05) is 4.72 Å². The number of rotatable bonds is 4. The number of benzene rings is 3. The lowest BCUT2D eigenvalue weighted by Crippen LogP contribution is -2.12. The molecule has 0 spiro atoms. The fourth-order valence-electron chi connectivity index (χ4n) is 2.77. The van der Waals surface area contributed by atoms with E-state index in [1.54, 1.807) is 24.3 Å². The SMILES string of the molecule is O=S(=O)(Nc1ccc2c(-c3ccccc3Cl)n[nH]c2c1)c1ccc(Cl)cc1. The van der Waals surface area contributed by atoms with Gasteiger partial charge < -0.3 is 0 Å². The number of sulfonamides is 1. The van der Waals surface area contributed by atoms with Crippen LogP contribution >= 0.6 is 23.2 Å². The third kappa shape index (κ3) is 3.51. The molecule has 136 valence electrons. The molecule has 0 aliphatic carbocycles.